The standard InChI is InChI=1S/C10H9Cl4NO2/c1-17-9(16)15-8(10(12,13)14)6-2-4-7(11)5-3-6/h2-5,8H,1H3,(H,15,16). The molecule has 17 heavy (non-hydrogen) atoms. The lowest BCUT2D eigenvalue weighted by atomic mass is 10.1. The van der Waals surface area contributed by atoms with Gasteiger partial charge in [0.25, 0.3) is 0 Å². The third-order valence-electron chi connectivity index (χ3n) is 1.98. The normalized spacial score (nSPS) is 13.0. The Kier molecular flexibility index (Phi) is 5.20. The summed E-state index contributed by atoms with van der Waals surface area (Å²) < 4.78 is 2.78. The van der Waals surface area contributed by atoms with Crippen molar-refractivity contribution in [2.45, 2.75) is 9.83 Å². The van der Waals surface area contributed by atoms with Gasteiger partial charge in [0.2, 0.25) is 3.79 Å². The fraction of sp³-hybridized carbons (Fsp3) is 0.300. The first-order valence-electron chi connectivity index (χ1n) is 4.51. The van der Waals surface area contributed by atoms with Gasteiger partial charge in [-0.25, -0.2) is 4.79 Å². The van der Waals surface area contributed by atoms with Crippen molar-refractivity contribution in [3.05, 3.63) is 34.9 Å². The number of ether oxygens (including phenoxy) is 1. The summed E-state index contributed by atoms with van der Waals surface area (Å²) in [6.07, 6.45) is -0.684. The quantitative estimate of drug-likeness (QED) is 0.834. The van der Waals surface area contributed by atoms with E-state index in [4.69, 9.17) is 46.4 Å². The van der Waals surface area contributed by atoms with Crippen molar-refractivity contribution in [3.63, 3.8) is 0 Å². The van der Waals surface area contributed by atoms with Crippen molar-refractivity contribution >= 4 is 52.5 Å². The van der Waals surface area contributed by atoms with Gasteiger partial charge in [-0.05, 0) is 17.7 Å². The van der Waals surface area contributed by atoms with Crippen LogP contribution in [0.25, 0.3) is 0 Å². The molecule has 1 N–H and O–H groups in total. The van der Waals surface area contributed by atoms with Crippen LogP contribution in [0.5, 0.6) is 0 Å². The molecular weight excluding hydrogens is 308 g/mol. The lowest BCUT2D eigenvalue weighted by Crippen LogP contribution is -2.36. The Morgan fingerprint density at radius 1 is 1.29 bits per heavy atom. The smallest absolute Gasteiger partial charge is 0.407 e. The molecule has 0 aliphatic rings. The van der Waals surface area contributed by atoms with Gasteiger partial charge in [0.15, 0.2) is 0 Å². The number of carbonyl (C=O) groups is 1. The Morgan fingerprint density at radius 3 is 2.24 bits per heavy atom. The minimum Gasteiger partial charge on any atom is -0.453 e. The van der Waals surface area contributed by atoms with E-state index in [1.54, 1.807) is 24.3 Å². The Labute approximate surface area is 119 Å². The molecule has 1 aromatic rings. The van der Waals surface area contributed by atoms with Crippen LogP contribution in [-0.4, -0.2) is 17.0 Å². The highest BCUT2D eigenvalue weighted by atomic mass is 35.6. The monoisotopic (exact) mass is 315 g/mol. The summed E-state index contributed by atoms with van der Waals surface area (Å²) in [6, 6.07) is 5.77. The number of hydrogen-bond acceptors (Lipinski definition) is 2. The summed E-state index contributed by atoms with van der Waals surface area (Å²) in [6.45, 7) is 0. The van der Waals surface area contributed by atoms with E-state index < -0.39 is 15.9 Å². The predicted octanol–water partition coefficient (Wildman–Crippen LogP) is 4.11. The molecule has 1 unspecified atom stereocenters. The number of hydrogen-bond donors (Lipinski definition) is 1. The van der Waals surface area contributed by atoms with Crippen LogP contribution in [-0.2, 0) is 4.74 Å². The van der Waals surface area contributed by atoms with E-state index in [-0.39, 0.29) is 0 Å². The number of halogens is 4. The van der Waals surface area contributed by atoms with E-state index in [9.17, 15) is 4.79 Å². The van der Waals surface area contributed by atoms with Gasteiger partial charge in [-0.1, -0.05) is 58.5 Å². The molecule has 94 valence electrons. The second-order valence-electron chi connectivity index (χ2n) is 3.16. The maximum atomic E-state index is 11.2. The summed E-state index contributed by atoms with van der Waals surface area (Å²) in [5.41, 5.74) is 0.611. The average Bonchev–Trinajstić information content (AvgIpc) is 2.25. The molecule has 0 saturated heterocycles. The van der Waals surface area contributed by atoms with Crippen LogP contribution in [0.3, 0.4) is 0 Å². The van der Waals surface area contributed by atoms with Crippen LogP contribution in [0, 0.1) is 0 Å². The van der Waals surface area contributed by atoms with Crippen molar-refractivity contribution in [2.24, 2.45) is 0 Å². The maximum Gasteiger partial charge on any atom is 0.407 e. The van der Waals surface area contributed by atoms with Gasteiger partial charge >= 0.3 is 6.09 Å². The third kappa shape index (κ3) is 4.43. The largest absolute Gasteiger partial charge is 0.453 e. The van der Waals surface area contributed by atoms with Crippen molar-refractivity contribution < 1.29 is 9.53 Å². The SMILES string of the molecule is COC(=O)NC(c1ccc(Cl)cc1)C(Cl)(Cl)Cl. The molecule has 0 fully saturated rings. The molecule has 1 rings (SSSR count). The number of alkyl carbamates (subject to hydrolysis) is 1. The molecule has 0 aliphatic heterocycles. The third-order valence-corrected chi connectivity index (χ3v) is 2.88. The number of methoxy groups -OCH3 is 1. The second-order valence-corrected chi connectivity index (χ2v) is 5.97. The van der Waals surface area contributed by atoms with Gasteiger partial charge in [0, 0.05) is 5.02 Å². The predicted molar refractivity (Wildman–Crippen MR) is 70.0 cm³/mol. The maximum absolute atomic E-state index is 11.2. The zero-order valence-corrected chi connectivity index (χ0v) is 11.7. The molecular formula is C10H9Cl4NO2. The highest BCUT2D eigenvalue weighted by Crippen LogP contribution is 2.40. The summed E-state index contributed by atoms with van der Waals surface area (Å²) in [7, 11) is 1.23. The summed E-state index contributed by atoms with van der Waals surface area (Å²) >= 11 is 23.2. The van der Waals surface area contributed by atoms with E-state index in [0.717, 1.165) is 0 Å². The van der Waals surface area contributed by atoms with Crippen LogP contribution in [0.1, 0.15) is 11.6 Å². The number of rotatable bonds is 2. The van der Waals surface area contributed by atoms with Crippen LogP contribution >= 0.6 is 46.4 Å². The highest BCUT2D eigenvalue weighted by molar-refractivity contribution is 6.68. The number of benzene rings is 1. The summed E-state index contributed by atoms with van der Waals surface area (Å²) in [5.74, 6) is 0. The number of alkyl halides is 3. The fourth-order valence-corrected chi connectivity index (χ4v) is 1.85. The van der Waals surface area contributed by atoms with Crippen molar-refractivity contribution in [3.8, 4) is 0 Å². The molecule has 7 heteroatoms. The van der Waals surface area contributed by atoms with Gasteiger partial charge < -0.3 is 10.1 Å². The Balaban J connectivity index is 2.98. The molecule has 0 saturated carbocycles. The molecule has 0 aromatic heterocycles. The lowest BCUT2D eigenvalue weighted by molar-refractivity contribution is 0.166. The molecule has 1 amide bonds. The zero-order valence-electron chi connectivity index (χ0n) is 8.72. The van der Waals surface area contributed by atoms with E-state index in [2.05, 4.69) is 10.1 Å². The zero-order chi connectivity index (χ0) is 13.1. The molecule has 0 radical (unpaired) electrons. The van der Waals surface area contributed by atoms with Crippen molar-refractivity contribution in [1.82, 2.24) is 5.32 Å². The Bertz CT molecular complexity index is 388. The lowest BCUT2D eigenvalue weighted by Gasteiger charge is -2.25. The highest BCUT2D eigenvalue weighted by Gasteiger charge is 2.35. The first-order chi connectivity index (χ1) is 7.84. The van der Waals surface area contributed by atoms with Gasteiger partial charge in [-0.3, -0.25) is 0 Å². The van der Waals surface area contributed by atoms with E-state index in [0.29, 0.717) is 10.6 Å². The van der Waals surface area contributed by atoms with Crippen molar-refractivity contribution in [1.29, 1.82) is 0 Å². The molecule has 0 aliphatic carbocycles. The Morgan fingerprint density at radius 2 is 1.82 bits per heavy atom. The molecule has 3 nitrogen and oxygen atoms in total. The van der Waals surface area contributed by atoms with E-state index >= 15 is 0 Å². The van der Waals surface area contributed by atoms with Gasteiger partial charge in [0.05, 0.1) is 7.11 Å². The minimum atomic E-state index is -1.69. The van der Waals surface area contributed by atoms with Gasteiger partial charge in [0.1, 0.15) is 6.04 Å². The molecule has 1 aromatic carbocycles. The number of carbonyl (C=O) groups excluding carboxylic acids is 1. The van der Waals surface area contributed by atoms with Crippen LogP contribution in [0.4, 0.5) is 4.79 Å². The molecule has 1 atom stereocenters. The first kappa shape index (κ1) is 14.7. The van der Waals surface area contributed by atoms with Crippen molar-refractivity contribution in [2.75, 3.05) is 7.11 Å². The summed E-state index contributed by atoms with van der Waals surface area (Å²) in [5, 5.41) is 2.99. The van der Waals surface area contributed by atoms with Crippen LogP contribution in [0.2, 0.25) is 5.02 Å². The molecule has 0 bridgehead atoms. The first-order valence-corrected chi connectivity index (χ1v) is 6.02. The minimum absolute atomic E-state index is 0.551. The Hall–Kier alpha value is -0.350. The number of amides is 1. The van der Waals surface area contributed by atoms with Gasteiger partial charge in [-0.15, -0.1) is 0 Å². The van der Waals surface area contributed by atoms with Crippen LogP contribution in [0.15, 0.2) is 24.3 Å². The molecule has 0 heterocycles. The topological polar surface area (TPSA) is 38.3 Å². The van der Waals surface area contributed by atoms with Gasteiger partial charge in [-0.2, -0.15) is 0 Å². The summed E-state index contributed by atoms with van der Waals surface area (Å²) in [4.78, 5) is 11.2. The molecule has 0 spiro atoms. The van der Waals surface area contributed by atoms with E-state index in [1.165, 1.54) is 7.11 Å². The fourth-order valence-electron chi connectivity index (χ4n) is 1.19. The average molecular weight is 317 g/mol. The van der Waals surface area contributed by atoms with E-state index in [1.807, 2.05) is 0 Å². The second kappa shape index (κ2) is 6.01. The van der Waals surface area contributed by atoms with Crippen LogP contribution < -0.4 is 5.32 Å². The number of nitrogens with one attached hydrogen (secondary N) is 1.